The largest absolute Gasteiger partial charge is 0.307 e. The quantitative estimate of drug-likeness (QED) is 0.591. The maximum absolute atomic E-state index is 13.2. The summed E-state index contributed by atoms with van der Waals surface area (Å²) in [5.41, 5.74) is 5.94. The van der Waals surface area contributed by atoms with Gasteiger partial charge in [0.1, 0.15) is 0 Å². The third-order valence-electron chi connectivity index (χ3n) is 5.46. The monoisotopic (exact) mass is 424 g/mol. The van der Waals surface area contributed by atoms with E-state index in [1.165, 1.54) is 23.9 Å². The first kappa shape index (κ1) is 20.1. The normalized spacial score (nSPS) is 19.9. The summed E-state index contributed by atoms with van der Waals surface area (Å²) in [7, 11) is 0. The number of nitrogens with one attached hydrogen (secondary N) is 1. The molecule has 2 aromatic carbocycles. The highest BCUT2D eigenvalue weighted by atomic mass is 32.2. The number of non-ortho nitro benzene ring substituents is 1. The molecule has 0 aromatic heterocycles. The number of nitro groups is 1. The van der Waals surface area contributed by atoms with Gasteiger partial charge in [0, 0.05) is 17.8 Å². The van der Waals surface area contributed by atoms with E-state index >= 15 is 0 Å². The van der Waals surface area contributed by atoms with Gasteiger partial charge in [0.2, 0.25) is 5.91 Å². The zero-order valence-corrected chi connectivity index (χ0v) is 17.5. The van der Waals surface area contributed by atoms with Crippen molar-refractivity contribution < 1.29 is 14.5 Å². The summed E-state index contributed by atoms with van der Waals surface area (Å²) in [4.78, 5) is 36.8. The van der Waals surface area contributed by atoms with Crippen LogP contribution in [-0.4, -0.2) is 27.0 Å². The Kier molecular flexibility index (Phi) is 4.85. The molecule has 0 fully saturated rings. The van der Waals surface area contributed by atoms with Gasteiger partial charge < -0.3 is 4.90 Å². The van der Waals surface area contributed by atoms with Crippen molar-refractivity contribution in [1.82, 2.24) is 5.43 Å². The Morgan fingerprint density at radius 3 is 2.53 bits per heavy atom. The zero-order chi connectivity index (χ0) is 21.6. The minimum atomic E-state index is -0.721. The molecule has 1 unspecified atom stereocenters. The fourth-order valence-electron chi connectivity index (χ4n) is 3.79. The van der Waals surface area contributed by atoms with Gasteiger partial charge in [-0.3, -0.25) is 19.7 Å². The number of carbonyl (C=O) groups is 2. The summed E-state index contributed by atoms with van der Waals surface area (Å²) in [5, 5.41) is 14.8. The van der Waals surface area contributed by atoms with E-state index < -0.39 is 10.3 Å². The smallest absolute Gasteiger partial charge is 0.299 e. The molecule has 2 aliphatic rings. The second-order valence-electron chi connectivity index (χ2n) is 7.83. The Labute approximate surface area is 177 Å². The number of rotatable bonds is 4. The van der Waals surface area contributed by atoms with Gasteiger partial charge in [-0.25, -0.2) is 5.43 Å². The molecule has 30 heavy (non-hydrogen) atoms. The van der Waals surface area contributed by atoms with Gasteiger partial charge in [0.15, 0.2) is 0 Å². The minimum Gasteiger partial charge on any atom is -0.307 e. The highest BCUT2D eigenvalue weighted by Gasteiger charge is 2.44. The van der Waals surface area contributed by atoms with Crippen LogP contribution in [0.5, 0.6) is 0 Å². The molecule has 2 heterocycles. The van der Waals surface area contributed by atoms with Crippen molar-refractivity contribution in [1.29, 1.82) is 0 Å². The van der Waals surface area contributed by atoms with E-state index in [-0.39, 0.29) is 22.1 Å². The topological polar surface area (TPSA) is 105 Å². The first-order chi connectivity index (χ1) is 14.2. The Balaban J connectivity index is 1.68. The van der Waals surface area contributed by atoms with Crippen LogP contribution in [0.3, 0.4) is 0 Å². The molecule has 0 aliphatic carbocycles. The van der Waals surface area contributed by atoms with E-state index in [0.717, 1.165) is 28.1 Å². The number of hydrazone groups is 1. The number of anilines is 1. The van der Waals surface area contributed by atoms with Crippen LogP contribution in [0.4, 0.5) is 16.2 Å². The van der Waals surface area contributed by atoms with Crippen LogP contribution >= 0.6 is 11.8 Å². The molecule has 8 nitrogen and oxygen atoms in total. The fourth-order valence-corrected chi connectivity index (χ4v) is 4.51. The fraction of sp³-hybridized carbons (Fsp3) is 0.286. The number of nitro benzene ring substituents is 1. The highest BCUT2D eigenvalue weighted by molar-refractivity contribution is 8.14. The van der Waals surface area contributed by atoms with Crippen LogP contribution in [0, 0.1) is 10.1 Å². The molecule has 0 bridgehead atoms. The van der Waals surface area contributed by atoms with E-state index in [9.17, 15) is 19.7 Å². The third kappa shape index (κ3) is 3.35. The molecular formula is C21H20N4O4S. The van der Waals surface area contributed by atoms with Crippen molar-refractivity contribution in [2.75, 3.05) is 4.90 Å². The molecule has 4 rings (SSSR count). The maximum Gasteiger partial charge on any atom is 0.299 e. The lowest BCUT2D eigenvalue weighted by molar-refractivity contribution is -0.384. The summed E-state index contributed by atoms with van der Waals surface area (Å²) in [6.45, 7) is 6.02. The number of hydrogen-bond acceptors (Lipinski definition) is 6. The summed E-state index contributed by atoms with van der Waals surface area (Å²) >= 11 is 1.18. The number of benzene rings is 2. The molecule has 154 valence electrons. The number of carbonyl (C=O) groups excluding carboxylic acids is 2. The van der Waals surface area contributed by atoms with Crippen molar-refractivity contribution in [3.63, 3.8) is 0 Å². The van der Waals surface area contributed by atoms with Crippen LogP contribution in [-0.2, 0) is 16.8 Å². The third-order valence-corrected chi connectivity index (χ3v) is 6.34. The van der Waals surface area contributed by atoms with Gasteiger partial charge in [0.25, 0.3) is 10.9 Å². The van der Waals surface area contributed by atoms with E-state index in [0.29, 0.717) is 6.54 Å². The SMILES string of the molecule is CC1SC(=O)NN=C1c1ccc2c(c1)C(C)(C)C(=O)N2Cc1ccc([N+](=O)[O-])cc1. The standard InChI is InChI=1S/C21H20N4O4S/c1-12-18(22-23-20(27)30-12)14-6-9-17-16(10-14)21(2,3)19(26)24(17)11-13-4-7-15(8-5-13)25(28)29/h4-10,12H,11H2,1-3H3,(H,23,27). The van der Waals surface area contributed by atoms with Gasteiger partial charge in [0.05, 0.1) is 27.8 Å². The van der Waals surface area contributed by atoms with Crippen LogP contribution in [0.25, 0.3) is 0 Å². The van der Waals surface area contributed by atoms with E-state index in [4.69, 9.17) is 0 Å². The predicted molar refractivity (Wildman–Crippen MR) is 116 cm³/mol. The lowest BCUT2D eigenvalue weighted by Gasteiger charge is -2.20. The van der Waals surface area contributed by atoms with Crippen LogP contribution in [0.2, 0.25) is 0 Å². The summed E-state index contributed by atoms with van der Waals surface area (Å²) in [6.07, 6.45) is 0. The average molecular weight is 424 g/mol. The number of hydrogen-bond donors (Lipinski definition) is 1. The molecule has 0 spiro atoms. The maximum atomic E-state index is 13.2. The Bertz CT molecular complexity index is 1090. The number of nitrogens with zero attached hydrogens (tertiary/aromatic N) is 3. The molecule has 0 saturated carbocycles. The summed E-state index contributed by atoms with van der Waals surface area (Å²) in [5.74, 6) is -0.0330. The van der Waals surface area contributed by atoms with E-state index in [2.05, 4.69) is 10.5 Å². The molecular weight excluding hydrogens is 404 g/mol. The molecule has 2 aliphatic heterocycles. The molecule has 2 amide bonds. The van der Waals surface area contributed by atoms with Gasteiger partial charge in [-0.1, -0.05) is 30.0 Å². The molecule has 9 heteroatoms. The Hall–Kier alpha value is -3.20. The number of fused-ring (bicyclic) bond motifs is 1. The van der Waals surface area contributed by atoms with Crippen molar-refractivity contribution in [3.05, 3.63) is 69.3 Å². The molecule has 0 radical (unpaired) electrons. The first-order valence-electron chi connectivity index (χ1n) is 9.43. The molecule has 1 atom stereocenters. The second kappa shape index (κ2) is 7.24. The van der Waals surface area contributed by atoms with Crippen LogP contribution < -0.4 is 10.3 Å². The molecule has 1 N–H and O–H groups in total. The van der Waals surface area contributed by atoms with Crippen LogP contribution in [0.15, 0.2) is 47.6 Å². The number of thioether (sulfide) groups is 1. The minimum absolute atomic E-state index is 0.0178. The first-order valence-corrected chi connectivity index (χ1v) is 10.3. The van der Waals surface area contributed by atoms with Gasteiger partial charge in [-0.05, 0) is 49.6 Å². The van der Waals surface area contributed by atoms with E-state index in [1.807, 2.05) is 39.0 Å². The van der Waals surface area contributed by atoms with E-state index in [1.54, 1.807) is 17.0 Å². The van der Waals surface area contributed by atoms with Crippen molar-refractivity contribution in [2.45, 2.75) is 38.0 Å². The van der Waals surface area contributed by atoms with Gasteiger partial charge in [-0.15, -0.1) is 0 Å². The predicted octanol–water partition coefficient (Wildman–Crippen LogP) is 3.97. The van der Waals surface area contributed by atoms with Crippen molar-refractivity contribution >= 4 is 40.0 Å². The Morgan fingerprint density at radius 2 is 1.90 bits per heavy atom. The van der Waals surface area contributed by atoms with Gasteiger partial charge in [-0.2, -0.15) is 5.10 Å². The lowest BCUT2D eigenvalue weighted by Crippen LogP contribution is -2.35. The average Bonchev–Trinajstić information content (AvgIpc) is 2.89. The number of amides is 2. The Morgan fingerprint density at radius 1 is 1.20 bits per heavy atom. The van der Waals surface area contributed by atoms with Crippen LogP contribution in [0.1, 0.15) is 37.5 Å². The lowest BCUT2D eigenvalue weighted by atomic mass is 9.85. The summed E-state index contributed by atoms with van der Waals surface area (Å²) < 4.78 is 0. The van der Waals surface area contributed by atoms with Gasteiger partial charge >= 0.3 is 0 Å². The van der Waals surface area contributed by atoms with Crippen molar-refractivity contribution in [2.24, 2.45) is 5.10 Å². The second-order valence-corrected chi connectivity index (χ2v) is 9.14. The zero-order valence-electron chi connectivity index (χ0n) is 16.7. The molecule has 2 aromatic rings. The summed E-state index contributed by atoms with van der Waals surface area (Å²) in [6, 6.07) is 12.0. The molecule has 0 saturated heterocycles. The van der Waals surface area contributed by atoms with Crippen molar-refractivity contribution in [3.8, 4) is 0 Å². The highest BCUT2D eigenvalue weighted by Crippen LogP contribution is 2.43.